The van der Waals surface area contributed by atoms with E-state index < -0.39 is 5.82 Å². The summed E-state index contributed by atoms with van der Waals surface area (Å²) in [5, 5.41) is 0.837. The number of rotatable bonds is 2. The van der Waals surface area contributed by atoms with Crippen LogP contribution in [0.15, 0.2) is 18.2 Å². The van der Waals surface area contributed by atoms with Crippen molar-refractivity contribution in [2.45, 2.75) is 13.3 Å². The van der Waals surface area contributed by atoms with E-state index in [2.05, 4.69) is 4.98 Å². The molecule has 0 fully saturated rings. The van der Waals surface area contributed by atoms with Gasteiger partial charge in [0.25, 0.3) is 0 Å². The number of nitrogen functional groups attached to an aromatic ring is 1. The molecule has 1 aromatic carbocycles. The molecule has 0 aliphatic heterocycles. The average Bonchev–Trinajstić information content (AvgIpc) is 2.27. The highest BCUT2D eigenvalue weighted by Crippen LogP contribution is 2.26. The van der Waals surface area contributed by atoms with Crippen LogP contribution in [0.1, 0.15) is 12.5 Å². The van der Waals surface area contributed by atoms with Gasteiger partial charge in [-0.1, -0.05) is 6.92 Å². The second kappa shape index (κ2) is 3.96. The van der Waals surface area contributed by atoms with Gasteiger partial charge in [0.05, 0.1) is 12.6 Å². The van der Waals surface area contributed by atoms with Gasteiger partial charge in [0.15, 0.2) is 11.6 Å². The molecule has 16 heavy (non-hydrogen) atoms. The van der Waals surface area contributed by atoms with Crippen LogP contribution in [-0.2, 0) is 6.42 Å². The Balaban J connectivity index is 2.71. The predicted molar refractivity (Wildman–Crippen MR) is 62.0 cm³/mol. The molecule has 1 aromatic heterocycles. The van der Waals surface area contributed by atoms with E-state index in [1.807, 2.05) is 13.0 Å². The highest BCUT2D eigenvalue weighted by atomic mass is 19.1. The molecule has 4 heteroatoms. The molecule has 0 bridgehead atoms. The van der Waals surface area contributed by atoms with E-state index in [1.54, 1.807) is 6.07 Å². The fraction of sp³-hybridized carbons (Fsp3) is 0.250. The Bertz CT molecular complexity index is 495. The highest BCUT2D eigenvalue weighted by molar-refractivity contribution is 5.83. The van der Waals surface area contributed by atoms with Crippen molar-refractivity contribution in [2.75, 3.05) is 12.8 Å². The van der Waals surface area contributed by atoms with Crippen LogP contribution < -0.4 is 10.5 Å². The normalized spacial score (nSPS) is 10.7. The van der Waals surface area contributed by atoms with Gasteiger partial charge in [-0.25, -0.2) is 9.37 Å². The monoisotopic (exact) mass is 220 g/mol. The minimum atomic E-state index is -0.425. The summed E-state index contributed by atoms with van der Waals surface area (Å²) in [6, 6.07) is 4.89. The Hall–Kier alpha value is -1.84. The van der Waals surface area contributed by atoms with Crippen LogP contribution in [0.2, 0.25) is 0 Å². The smallest absolute Gasteiger partial charge is 0.167 e. The number of halogens is 1. The topological polar surface area (TPSA) is 48.1 Å². The molecule has 0 atom stereocenters. The summed E-state index contributed by atoms with van der Waals surface area (Å²) in [4.78, 5) is 4.16. The minimum absolute atomic E-state index is 0.223. The number of anilines is 1. The fourth-order valence-electron chi connectivity index (χ4n) is 1.67. The summed E-state index contributed by atoms with van der Waals surface area (Å²) >= 11 is 0. The summed E-state index contributed by atoms with van der Waals surface area (Å²) in [5.74, 6) is 0.256. The number of pyridine rings is 1. The number of methoxy groups -OCH3 is 1. The van der Waals surface area contributed by atoms with Gasteiger partial charge < -0.3 is 10.5 Å². The minimum Gasteiger partial charge on any atom is -0.494 e. The van der Waals surface area contributed by atoms with Crippen LogP contribution in [0.4, 0.5) is 10.2 Å². The van der Waals surface area contributed by atoms with Crippen molar-refractivity contribution in [3.05, 3.63) is 29.6 Å². The number of ether oxygens (including phenoxy) is 1. The summed E-state index contributed by atoms with van der Waals surface area (Å²) in [6.07, 6.45) is 0.800. The van der Waals surface area contributed by atoms with Crippen LogP contribution in [0, 0.1) is 5.82 Å². The van der Waals surface area contributed by atoms with Crippen molar-refractivity contribution in [2.24, 2.45) is 0 Å². The number of hydrogen-bond acceptors (Lipinski definition) is 3. The Morgan fingerprint density at radius 2 is 2.12 bits per heavy atom. The second-order valence-corrected chi connectivity index (χ2v) is 3.57. The molecule has 2 rings (SSSR count). The largest absolute Gasteiger partial charge is 0.494 e. The first-order valence-electron chi connectivity index (χ1n) is 5.08. The van der Waals surface area contributed by atoms with Crippen LogP contribution >= 0.6 is 0 Å². The SMILES string of the molecule is CCc1cc2cc(OC)c(F)cc2nc1N. The Morgan fingerprint density at radius 1 is 1.38 bits per heavy atom. The molecule has 0 unspecified atom stereocenters. The number of nitrogens with zero attached hydrogens (tertiary/aromatic N) is 1. The lowest BCUT2D eigenvalue weighted by Crippen LogP contribution is -1.98. The summed E-state index contributed by atoms with van der Waals surface area (Å²) < 4.78 is 18.4. The summed E-state index contributed by atoms with van der Waals surface area (Å²) in [5.41, 5.74) is 7.26. The van der Waals surface area contributed by atoms with Crippen molar-refractivity contribution in [3.63, 3.8) is 0 Å². The first-order valence-corrected chi connectivity index (χ1v) is 5.08. The third kappa shape index (κ3) is 1.66. The van der Waals surface area contributed by atoms with E-state index in [-0.39, 0.29) is 5.75 Å². The van der Waals surface area contributed by atoms with E-state index in [9.17, 15) is 4.39 Å². The lowest BCUT2D eigenvalue weighted by molar-refractivity contribution is 0.387. The number of fused-ring (bicyclic) bond motifs is 1. The standard InChI is InChI=1S/C12H13FN2O/c1-3-7-4-8-5-11(16-2)9(13)6-10(8)15-12(7)14/h4-6H,3H2,1-2H3,(H2,14,15). The molecule has 0 spiro atoms. The molecule has 2 N–H and O–H groups in total. The van der Waals surface area contributed by atoms with E-state index >= 15 is 0 Å². The van der Waals surface area contributed by atoms with Gasteiger partial charge in [-0.2, -0.15) is 0 Å². The van der Waals surface area contributed by atoms with Gasteiger partial charge in [0, 0.05) is 11.5 Å². The average molecular weight is 220 g/mol. The second-order valence-electron chi connectivity index (χ2n) is 3.57. The van der Waals surface area contributed by atoms with E-state index in [1.165, 1.54) is 13.2 Å². The first kappa shape index (κ1) is 10.7. The number of nitrogens with two attached hydrogens (primary N) is 1. The molecule has 0 amide bonds. The van der Waals surface area contributed by atoms with Gasteiger partial charge in [-0.3, -0.25) is 0 Å². The first-order chi connectivity index (χ1) is 7.65. The maximum absolute atomic E-state index is 13.4. The number of aromatic nitrogens is 1. The molecule has 84 valence electrons. The van der Waals surface area contributed by atoms with Gasteiger partial charge >= 0.3 is 0 Å². The van der Waals surface area contributed by atoms with E-state index in [4.69, 9.17) is 10.5 Å². The zero-order valence-corrected chi connectivity index (χ0v) is 9.25. The maximum atomic E-state index is 13.4. The van der Waals surface area contributed by atoms with Gasteiger partial charge in [0.2, 0.25) is 0 Å². The van der Waals surface area contributed by atoms with E-state index in [0.29, 0.717) is 11.3 Å². The van der Waals surface area contributed by atoms with Crippen molar-refractivity contribution in [1.29, 1.82) is 0 Å². The van der Waals surface area contributed by atoms with E-state index in [0.717, 1.165) is 17.4 Å². The Kier molecular flexibility index (Phi) is 2.64. The maximum Gasteiger partial charge on any atom is 0.167 e. The zero-order valence-electron chi connectivity index (χ0n) is 9.25. The third-order valence-corrected chi connectivity index (χ3v) is 2.58. The summed E-state index contributed by atoms with van der Waals surface area (Å²) in [7, 11) is 1.44. The van der Waals surface area contributed by atoms with Crippen LogP contribution in [-0.4, -0.2) is 12.1 Å². The number of hydrogen-bond donors (Lipinski definition) is 1. The molecular formula is C12H13FN2O. The molecule has 0 aliphatic rings. The van der Waals surface area contributed by atoms with Crippen LogP contribution in [0.25, 0.3) is 10.9 Å². The molecular weight excluding hydrogens is 207 g/mol. The molecule has 0 aliphatic carbocycles. The highest BCUT2D eigenvalue weighted by Gasteiger charge is 2.08. The van der Waals surface area contributed by atoms with Gasteiger partial charge in [-0.05, 0) is 24.1 Å². The molecule has 2 aromatic rings. The fourth-order valence-corrected chi connectivity index (χ4v) is 1.67. The van der Waals surface area contributed by atoms with Crippen molar-refractivity contribution in [1.82, 2.24) is 4.98 Å². The lowest BCUT2D eigenvalue weighted by atomic mass is 10.1. The Morgan fingerprint density at radius 3 is 2.75 bits per heavy atom. The quantitative estimate of drug-likeness (QED) is 0.846. The predicted octanol–water partition coefficient (Wildman–Crippen LogP) is 2.53. The van der Waals surface area contributed by atoms with Gasteiger partial charge in [-0.15, -0.1) is 0 Å². The van der Waals surface area contributed by atoms with Gasteiger partial charge in [0.1, 0.15) is 5.82 Å². The van der Waals surface area contributed by atoms with Crippen molar-refractivity contribution < 1.29 is 9.13 Å². The third-order valence-electron chi connectivity index (χ3n) is 2.58. The molecule has 3 nitrogen and oxygen atoms in total. The zero-order chi connectivity index (χ0) is 11.7. The molecule has 0 radical (unpaired) electrons. The van der Waals surface area contributed by atoms with Crippen LogP contribution in [0.3, 0.4) is 0 Å². The van der Waals surface area contributed by atoms with Crippen molar-refractivity contribution in [3.8, 4) is 5.75 Å². The number of aryl methyl sites for hydroxylation is 1. The van der Waals surface area contributed by atoms with Crippen LogP contribution in [0.5, 0.6) is 5.75 Å². The number of benzene rings is 1. The Labute approximate surface area is 93.0 Å². The molecule has 1 heterocycles. The molecule has 0 saturated heterocycles. The lowest BCUT2D eigenvalue weighted by Gasteiger charge is -2.07. The molecule has 0 saturated carbocycles. The summed E-state index contributed by atoms with van der Waals surface area (Å²) in [6.45, 7) is 2.00. The van der Waals surface area contributed by atoms with Crippen molar-refractivity contribution >= 4 is 16.7 Å².